The number of aryl methyl sites for hydroxylation is 3. The van der Waals surface area contributed by atoms with E-state index < -0.39 is 0 Å². The highest BCUT2D eigenvalue weighted by Gasteiger charge is 2.12. The van der Waals surface area contributed by atoms with Gasteiger partial charge in [-0.2, -0.15) is 0 Å². The van der Waals surface area contributed by atoms with Gasteiger partial charge in [0, 0.05) is 30.5 Å². The molecule has 164 valence electrons. The van der Waals surface area contributed by atoms with Crippen molar-refractivity contribution in [2.24, 2.45) is 0 Å². The molecule has 0 fully saturated rings. The minimum Gasteiger partial charge on any atom is -0.487 e. The molecular formula is C24H24N4O3S. The number of rotatable bonds is 8. The Kier molecular flexibility index (Phi) is 6.61. The lowest BCUT2D eigenvalue weighted by Crippen LogP contribution is -2.23. The first-order valence-electron chi connectivity index (χ1n) is 10.4. The first-order valence-corrected chi connectivity index (χ1v) is 11.2. The van der Waals surface area contributed by atoms with Crippen molar-refractivity contribution >= 4 is 27.5 Å². The minimum atomic E-state index is -0.141. The molecule has 8 heteroatoms. The molecule has 0 aliphatic carbocycles. The Balaban J connectivity index is 1.26. The number of thiophene rings is 1. The molecule has 0 unspecified atom stereocenters. The minimum absolute atomic E-state index is 0.0956. The van der Waals surface area contributed by atoms with E-state index in [2.05, 4.69) is 20.3 Å². The molecule has 3 aromatic heterocycles. The van der Waals surface area contributed by atoms with Crippen molar-refractivity contribution in [2.75, 3.05) is 0 Å². The Labute approximate surface area is 189 Å². The van der Waals surface area contributed by atoms with Crippen LogP contribution < -0.4 is 15.6 Å². The van der Waals surface area contributed by atoms with Crippen LogP contribution in [0.3, 0.4) is 0 Å². The van der Waals surface area contributed by atoms with Gasteiger partial charge < -0.3 is 15.0 Å². The summed E-state index contributed by atoms with van der Waals surface area (Å²) in [5.74, 6) is 1.19. The van der Waals surface area contributed by atoms with Gasteiger partial charge in [-0.1, -0.05) is 18.2 Å². The van der Waals surface area contributed by atoms with Gasteiger partial charge in [0.25, 0.3) is 5.56 Å². The Hall–Kier alpha value is -3.52. The summed E-state index contributed by atoms with van der Waals surface area (Å²) in [4.78, 5) is 38.0. The maximum Gasteiger partial charge on any atom is 0.259 e. The van der Waals surface area contributed by atoms with E-state index in [1.54, 1.807) is 6.20 Å². The van der Waals surface area contributed by atoms with E-state index in [0.29, 0.717) is 30.8 Å². The van der Waals surface area contributed by atoms with E-state index in [9.17, 15) is 9.59 Å². The van der Waals surface area contributed by atoms with Crippen LogP contribution in [0.25, 0.3) is 10.2 Å². The molecule has 0 aliphatic heterocycles. The molecule has 1 amide bonds. The number of pyridine rings is 1. The van der Waals surface area contributed by atoms with Crippen LogP contribution in [0.4, 0.5) is 0 Å². The zero-order valence-electron chi connectivity index (χ0n) is 18.0. The van der Waals surface area contributed by atoms with Crippen LogP contribution in [0.1, 0.15) is 33.9 Å². The maximum absolute atomic E-state index is 12.3. The second-order valence-electron chi connectivity index (χ2n) is 7.51. The molecule has 0 saturated heterocycles. The smallest absolute Gasteiger partial charge is 0.259 e. The van der Waals surface area contributed by atoms with Crippen molar-refractivity contribution in [3.8, 4) is 5.75 Å². The van der Waals surface area contributed by atoms with Gasteiger partial charge in [0.1, 0.15) is 23.0 Å². The molecule has 0 spiro atoms. The lowest BCUT2D eigenvalue weighted by molar-refractivity contribution is -0.121. The zero-order chi connectivity index (χ0) is 22.5. The Morgan fingerprint density at radius 1 is 1.16 bits per heavy atom. The van der Waals surface area contributed by atoms with Gasteiger partial charge in [-0.3, -0.25) is 14.6 Å². The monoisotopic (exact) mass is 448 g/mol. The maximum atomic E-state index is 12.3. The summed E-state index contributed by atoms with van der Waals surface area (Å²) >= 11 is 1.51. The molecule has 4 rings (SSSR count). The summed E-state index contributed by atoms with van der Waals surface area (Å²) in [7, 11) is 0. The van der Waals surface area contributed by atoms with Crippen molar-refractivity contribution in [3.05, 3.63) is 86.5 Å². The van der Waals surface area contributed by atoms with Gasteiger partial charge in [-0.15, -0.1) is 11.3 Å². The second kappa shape index (κ2) is 9.74. The topological polar surface area (TPSA) is 97.0 Å². The van der Waals surface area contributed by atoms with Crippen LogP contribution in [0, 0.1) is 13.8 Å². The van der Waals surface area contributed by atoms with Crippen LogP contribution in [-0.2, 0) is 24.4 Å². The molecular weight excluding hydrogens is 424 g/mol. The van der Waals surface area contributed by atoms with E-state index in [4.69, 9.17) is 4.74 Å². The molecule has 0 radical (unpaired) electrons. The Morgan fingerprint density at radius 2 is 1.97 bits per heavy atom. The third kappa shape index (κ3) is 5.20. The number of carbonyl (C=O) groups is 1. The van der Waals surface area contributed by atoms with Crippen LogP contribution in [0.2, 0.25) is 0 Å². The number of fused-ring (bicyclic) bond motifs is 1. The van der Waals surface area contributed by atoms with Gasteiger partial charge in [-0.05, 0) is 49.2 Å². The third-order valence-corrected chi connectivity index (χ3v) is 6.30. The summed E-state index contributed by atoms with van der Waals surface area (Å²) in [5, 5.41) is 3.55. The van der Waals surface area contributed by atoms with Crippen molar-refractivity contribution < 1.29 is 9.53 Å². The summed E-state index contributed by atoms with van der Waals surface area (Å²) < 4.78 is 5.72. The van der Waals surface area contributed by atoms with E-state index in [0.717, 1.165) is 32.3 Å². The van der Waals surface area contributed by atoms with Crippen LogP contribution in [-0.4, -0.2) is 20.9 Å². The quantitative estimate of drug-likeness (QED) is 0.427. The lowest BCUT2D eigenvalue weighted by Gasteiger charge is -2.08. The molecule has 7 nitrogen and oxygen atoms in total. The van der Waals surface area contributed by atoms with Crippen molar-refractivity contribution in [1.82, 2.24) is 20.3 Å². The number of hydrogen-bond acceptors (Lipinski definition) is 6. The fourth-order valence-electron chi connectivity index (χ4n) is 3.28. The average molecular weight is 449 g/mol. The largest absolute Gasteiger partial charge is 0.487 e. The van der Waals surface area contributed by atoms with Crippen LogP contribution >= 0.6 is 11.3 Å². The molecule has 1 aromatic carbocycles. The highest BCUT2D eigenvalue weighted by Crippen LogP contribution is 2.25. The first kappa shape index (κ1) is 21.7. The summed E-state index contributed by atoms with van der Waals surface area (Å²) in [6.45, 7) is 4.74. The Bertz CT molecular complexity index is 1280. The predicted octanol–water partition coefficient (Wildman–Crippen LogP) is 3.82. The number of amides is 1. The predicted molar refractivity (Wildman–Crippen MR) is 125 cm³/mol. The number of nitrogens with one attached hydrogen (secondary N) is 2. The number of carbonyl (C=O) groups excluding carboxylic acids is 1. The van der Waals surface area contributed by atoms with Gasteiger partial charge >= 0.3 is 0 Å². The normalized spacial score (nSPS) is 10.9. The summed E-state index contributed by atoms with van der Waals surface area (Å²) in [6.07, 6.45) is 2.37. The van der Waals surface area contributed by atoms with E-state index in [1.807, 2.05) is 56.3 Å². The van der Waals surface area contributed by atoms with Gasteiger partial charge in [-0.25, -0.2) is 4.98 Å². The fraction of sp³-hybridized carbons (Fsp3) is 0.250. The van der Waals surface area contributed by atoms with E-state index in [1.165, 1.54) is 11.3 Å². The highest BCUT2D eigenvalue weighted by atomic mass is 32.1. The summed E-state index contributed by atoms with van der Waals surface area (Å²) in [5.41, 5.74) is 2.66. The fourth-order valence-corrected chi connectivity index (χ4v) is 4.33. The number of H-pyrrole nitrogens is 1. The van der Waals surface area contributed by atoms with Crippen molar-refractivity contribution in [2.45, 2.75) is 39.8 Å². The third-order valence-electron chi connectivity index (χ3n) is 5.20. The number of ether oxygens (including phenoxy) is 1. The van der Waals surface area contributed by atoms with E-state index >= 15 is 0 Å². The van der Waals surface area contributed by atoms with Crippen LogP contribution in [0.15, 0.2) is 53.5 Å². The van der Waals surface area contributed by atoms with Crippen molar-refractivity contribution in [3.63, 3.8) is 0 Å². The highest BCUT2D eigenvalue weighted by molar-refractivity contribution is 7.18. The Morgan fingerprint density at radius 3 is 2.72 bits per heavy atom. The summed E-state index contributed by atoms with van der Waals surface area (Å²) in [6, 6.07) is 13.3. The number of aromatic amines is 1. The van der Waals surface area contributed by atoms with Crippen LogP contribution in [0.5, 0.6) is 5.75 Å². The molecule has 3 heterocycles. The van der Waals surface area contributed by atoms with Gasteiger partial charge in [0.05, 0.1) is 11.1 Å². The standard InChI is InChI=1S/C24H24N4O3S/c1-15-16(2)32-24-22(15)23(30)27-20(28-24)10-11-21(29)26-13-17-6-8-19(9-7-17)31-14-18-5-3-4-12-25-18/h3-9,12H,10-11,13-14H2,1-2H3,(H,26,29)(H,27,28,30). The van der Waals surface area contributed by atoms with Crippen molar-refractivity contribution in [1.29, 1.82) is 0 Å². The number of aromatic nitrogens is 3. The second-order valence-corrected chi connectivity index (χ2v) is 8.71. The molecule has 0 atom stereocenters. The molecule has 2 N–H and O–H groups in total. The molecule has 0 saturated carbocycles. The molecule has 32 heavy (non-hydrogen) atoms. The van der Waals surface area contributed by atoms with Gasteiger partial charge in [0.2, 0.25) is 5.91 Å². The lowest BCUT2D eigenvalue weighted by atomic mass is 10.2. The zero-order valence-corrected chi connectivity index (χ0v) is 18.8. The first-order chi connectivity index (χ1) is 15.5. The average Bonchev–Trinajstić information content (AvgIpc) is 3.10. The number of nitrogens with zero attached hydrogens (tertiary/aromatic N) is 2. The van der Waals surface area contributed by atoms with E-state index in [-0.39, 0.29) is 17.9 Å². The molecule has 0 aliphatic rings. The SMILES string of the molecule is Cc1sc2nc(CCC(=O)NCc3ccc(OCc4ccccn4)cc3)[nH]c(=O)c2c1C. The number of hydrogen-bond donors (Lipinski definition) is 2. The molecule has 4 aromatic rings. The molecule has 0 bridgehead atoms. The number of benzene rings is 1. The van der Waals surface area contributed by atoms with Gasteiger partial charge in [0.15, 0.2) is 0 Å².